The fourth-order valence-corrected chi connectivity index (χ4v) is 2.71. The molecule has 0 fully saturated rings. The maximum Gasteiger partial charge on any atom is 0.303 e. The van der Waals surface area contributed by atoms with Crippen molar-refractivity contribution >= 4 is 23.2 Å². The van der Waals surface area contributed by atoms with Gasteiger partial charge >= 0.3 is 5.97 Å². The number of aryl methyl sites for hydroxylation is 2. The Kier molecular flexibility index (Phi) is 5.34. The Balaban J connectivity index is 2.56. The van der Waals surface area contributed by atoms with Crippen LogP contribution in [-0.2, 0) is 11.2 Å². The van der Waals surface area contributed by atoms with Gasteiger partial charge in [0.15, 0.2) is 0 Å². The topological polar surface area (TPSA) is 66.4 Å². The second-order valence-electron chi connectivity index (χ2n) is 4.38. The van der Waals surface area contributed by atoms with Crippen LogP contribution in [-0.4, -0.2) is 23.0 Å². The first-order valence-corrected chi connectivity index (χ1v) is 6.87. The zero-order chi connectivity index (χ0) is 13.7. The molecule has 0 aliphatic carbocycles. The van der Waals surface area contributed by atoms with Crippen molar-refractivity contribution in [2.75, 3.05) is 0 Å². The number of hydrogen-bond acceptors (Lipinski definition) is 3. The normalized spacial score (nSPS) is 12.2. The third kappa shape index (κ3) is 4.14. The number of carbonyl (C=O) groups is 2. The summed E-state index contributed by atoms with van der Waals surface area (Å²) in [5.74, 6) is -0.947. The van der Waals surface area contributed by atoms with Gasteiger partial charge in [-0.15, -0.1) is 11.3 Å². The quantitative estimate of drug-likeness (QED) is 0.834. The molecule has 0 saturated carbocycles. The van der Waals surface area contributed by atoms with E-state index in [1.165, 1.54) is 16.2 Å². The number of nitrogens with one attached hydrogen (secondary N) is 1. The molecule has 0 aromatic carbocycles. The van der Waals surface area contributed by atoms with E-state index < -0.39 is 5.97 Å². The van der Waals surface area contributed by atoms with Crippen LogP contribution in [0, 0.1) is 6.92 Å². The highest BCUT2D eigenvalue weighted by molar-refractivity contribution is 7.14. The summed E-state index contributed by atoms with van der Waals surface area (Å²) in [5.41, 5.74) is 1.14. The van der Waals surface area contributed by atoms with Gasteiger partial charge in [-0.3, -0.25) is 9.59 Å². The molecular weight excluding hydrogens is 250 g/mol. The fourth-order valence-electron chi connectivity index (χ4n) is 1.69. The van der Waals surface area contributed by atoms with Gasteiger partial charge in [0, 0.05) is 17.3 Å². The molecule has 1 aromatic heterocycles. The number of carbonyl (C=O) groups excluding carboxylic acids is 1. The van der Waals surface area contributed by atoms with Crippen LogP contribution in [0.5, 0.6) is 0 Å². The highest BCUT2D eigenvalue weighted by Crippen LogP contribution is 2.22. The van der Waals surface area contributed by atoms with Crippen molar-refractivity contribution in [2.24, 2.45) is 0 Å². The van der Waals surface area contributed by atoms with Crippen LogP contribution in [0.25, 0.3) is 0 Å². The molecule has 0 aliphatic heterocycles. The van der Waals surface area contributed by atoms with Crippen molar-refractivity contribution in [3.05, 3.63) is 21.4 Å². The Morgan fingerprint density at radius 1 is 1.50 bits per heavy atom. The molecule has 18 heavy (non-hydrogen) atoms. The largest absolute Gasteiger partial charge is 0.481 e. The summed E-state index contributed by atoms with van der Waals surface area (Å²) < 4.78 is 0. The second-order valence-corrected chi connectivity index (χ2v) is 5.51. The number of amides is 1. The summed E-state index contributed by atoms with van der Waals surface area (Å²) >= 11 is 1.51. The van der Waals surface area contributed by atoms with Gasteiger partial charge < -0.3 is 10.4 Å². The van der Waals surface area contributed by atoms with Gasteiger partial charge in [-0.25, -0.2) is 0 Å². The monoisotopic (exact) mass is 269 g/mol. The van der Waals surface area contributed by atoms with Gasteiger partial charge in [-0.1, -0.05) is 6.92 Å². The minimum Gasteiger partial charge on any atom is -0.481 e. The van der Waals surface area contributed by atoms with Crippen molar-refractivity contribution < 1.29 is 14.7 Å². The standard InChI is InChI=1S/C13H19NO3S/c1-4-10-8(2)7-11(18-10)13(17)14-9(3)5-6-12(15)16/h7,9H,4-6H2,1-3H3,(H,14,17)(H,15,16). The number of aliphatic carboxylic acids is 1. The molecule has 2 N–H and O–H groups in total. The summed E-state index contributed by atoms with van der Waals surface area (Å²) in [5, 5.41) is 11.4. The summed E-state index contributed by atoms with van der Waals surface area (Å²) in [4.78, 5) is 24.3. The maximum atomic E-state index is 11.9. The van der Waals surface area contributed by atoms with Crippen molar-refractivity contribution in [3.8, 4) is 0 Å². The lowest BCUT2D eigenvalue weighted by molar-refractivity contribution is -0.137. The minimum atomic E-state index is -0.837. The zero-order valence-corrected chi connectivity index (χ0v) is 11.8. The van der Waals surface area contributed by atoms with E-state index >= 15 is 0 Å². The average molecular weight is 269 g/mol. The van der Waals surface area contributed by atoms with Crippen LogP contribution in [0.1, 0.15) is 46.8 Å². The number of rotatable bonds is 6. The van der Waals surface area contributed by atoms with Crippen LogP contribution in [0.15, 0.2) is 6.07 Å². The number of carboxylic acid groups (broad SMARTS) is 1. The smallest absolute Gasteiger partial charge is 0.303 e. The third-order valence-corrected chi connectivity index (χ3v) is 4.11. The summed E-state index contributed by atoms with van der Waals surface area (Å²) in [7, 11) is 0. The molecule has 4 nitrogen and oxygen atoms in total. The maximum absolute atomic E-state index is 11.9. The highest BCUT2D eigenvalue weighted by Gasteiger charge is 2.14. The SMILES string of the molecule is CCc1sc(C(=O)NC(C)CCC(=O)O)cc1C. The van der Waals surface area contributed by atoms with E-state index in [1.54, 1.807) is 0 Å². The first-order valence-electron chi connectivity index (χ1n) is 6.06. The van der Waals surface area contributed by atoms with Gasteiger partial charge in [0.25, 0.3) is 5.91 Å². The van der Waals surface area contributed by atoms with Gasteiger partial charge in [0.05, 0.1) is 4.88 Å². The van der Waals surface area contributed by atoms with Crippen LogP contribution >= 0.6 is 11.3 Å². The molecule has 0 spiro atoms. The molecular formula is C13H19NO3S. The summed E-state index contributed by atoms with van der Waals surface area (Å²) in [6, 6.07) is 1.77. The number of hydrogen-bond donors (Lipinski definition) is 2. The van der Waals surface area contributed by atoms with Crippen LogP contribution in [0.4, 0.5) is 0 Å². The van der Waals surface area contributed by atoms with E-state index in [-0.39, 0.29) is 18.4 Å². The molecule has 0 bridgehead atoms. The lowest BCUT2D eigenvalue weighted by Crippen LogP contribution is -2.32. The fraction of sp³-hybridized carbons (Fsp3) is 0.538. The molecule has 1 heterocycles. The molecule has 0 saturated heterocycles. The first-order chi connectivity index (χ1) is 8.43. The molecule has 5 heteroatoms. The number of thiophene rings is 1. The molecule has 1 unspecified atom stereocenters. The van der Waals surface area contributed by atoms with Gasteiger partial charge in [-0.2, -0.15) is 0 Å². The van der Waals surface area contributed by atoms with Crippen LogP contribution < -0.4 is 5.32 Å². The predicted octanol–water partition coefficient (Wildman–Crippen LogP) is 2.60. The Bertz CT molecular complexity index is 439. The molecule has 1 amide bonds. The molecule has 100 valence electrons. The zero-order valence-electron chi connectivity index (χ0n) is 10.9. The minimum absolute atomic E-state index is 0.0745. The Morgan fingerprint density at radius 3 is 2.67 bits per heavy atom. The lowest BCUT2D eigenvalue weighted by atomic mass is 10.2. The molecule has 0 radical (unpaired) electrons. The predicted molar refractivity (Wildman–Crippen MR) is 72.2 cm³/mol. The number of carboxylic acids is 1. The Morgan fingerprint density at radius 2 is 2.17 bits per heavy atom. The molecule has 1 atom stereocenters. The molecule has 0 aliphatic rings. The lowest BCUT2D eigenvalue weighted by Gasteiger charge is -2.11. The molecule has 1 rings (SSSR count). The van der Waals surface area contributed by atoms with E-state index in [0.29, 0.717) is 11.3 Å². The van der Waals surface area contributed by atoms with Crippen molar-refractivity contribution in [1.29, 1.82) is 0 Å². The first kappa shape index (κ1) is 14.7. The van der Waals surface area contributed by atoms with Crippen molar-refractivity contribution in [3.63, 3.8) is 0 Å². The third-order valence-electron chi connectivity index (χ3n) is 2.73. The Hall–Kier alpha value is -1.36. The van der Waals surface area contributed by atoms with E-state index in [0.717, 1.165) is 12.0 Å². The van der Waals surface area contributed by atoms with E-state index in [4.69, 9.17) is 5.11 Å². The van der Waals surface area contributed by atoms with E-state index in [9.17, 15) is 9.59 Å². The van der Waals surface area contributed by atoms with Crippen molar-refractivity contribution in [1.82, 2.24) is 5.32 Å². The van der Waals surface area contributed by atoms with E-state index in [1.807, 2.05) is 19.9 Å². The van der Waals surface area contributed by atoms with Crippen molar-refractivity contribution in [2.45, 2.75) is 46.1 Å². The second kappa shape index (κ2) is 6.54. The summed E-state index contributed by atoms with van der Waals surface area (Å²) in [6.45, 7) is 5.89. The van der Waals surface area contributed by atoms with Gasteiger partial charge in [-0.05, 0) is 38.3 Å². The van der Waals surface area contributed by atoms with Gasteiger partial charge in [0.2, 0.25) is 0 Å². The molecule has 1 aromatic rings. The van der Waals surface area contributed by atoms with Gasteiger partial charge in [0.1, 0.15) is 0 Å². The Labute approximate surface area is 111 Å². The van der Waals surface area contributed by atoms with Crippen LogP contribution in [0.2, 0.25) is 0 Å². The highest BCUT2D eigenvalue weighted by atomic mass is 32.1. The van der Waals surface area contributed by atoms with E-state index in [2.05, 4.69) is 12.2 Å². The average Bonchev–Trinajstić information content (AvgIpc) is 2.68. The summed E-state index contributed by atoms with van der Waals surface area (Å²) in [6.07, 6.45) is 1.45. The van der Waals surface area contributed by atoms with Crippen LogP contribution in [0.3, 0.4) is 0 Å².